The maximum Gasteiger partial charge on any atom is 0.260 e. The third-order valence-corrected chi connectivity index (χ3v) is 11.7. The largest absolute Gasteiger partial charge is 0.487 e. The van der Waals surface area contributed by atoms with Crippen molar-refractivity contribution >= 4 is 146 Å². The van der Waals surface area contributed by atoms with Gasteiger partial charge in [0.25, 0.3) is 5.95 Å². The molecule has 0 fully saturated rings. The van der Waals surface area contributed by atoms with E-state index in [9.17, 15) is 0 Å². The molecule has 8 N–H and O–H groups in total. The number of aromatic nitrogens is 12. The molecule has 0 bridgehead atoms. The maximum atomic E-state index is 6.28. The summed E-state index contributed by atoms with van der Waals surface area (Å²) < 4.78 is 14.0. The Morgan fingerprint density at radius 2 is 0.887 bits per heavy atom. The van der Waals surface area contributed by atoms with Crippen LogP contribution in [0.1, 0.15) is 0 Å². The van der Waals surface area contributed by atoms with Gasteiger partial charge in [-0.2, -0.15) is 4.80 Å². The Morgan fingerprint density at radius 1 is 0.484 bits per heavy atom. The minimum atomic E-state index is 0.129. The average molecular weight is 905 g/mol. The Hall–Kier alpha value is -6.98. The lowest BCUT2D eigenvalue weighted by Gasteiger charge is -2.09. The first-order valence-corrected chi connectivity index (χ1v) is 20.7. The van der Waals surface area contributed by atoms with Crippen molar-refractivity contribution in [1.29, 1.82) is 0 Å². The molecule has 6 aromatic carbocycles. The van der Waals surface area contributed by atoms with Crippen LogP contribution in [0.15, 0.2) is 84.9 Å². The van der Waals surface area contributed by atoms with Gasteiger partial charge in [-0.25, -0.2) is 4.68 Å². The molecule has 12 rings (SSSR count). The zero-order chi connectivity index (χ0) is 42.2. The van der Waals surface area contributed by atoms with E-state index >= 15 is 0 Å². The molecule has 0 spiro atoms. The molecule has 308 valence electrons. The number of tetrazole rings is 2. The van der Waals surface area contributed by atoms with Crippen molar-refractivity contribution in [2.75, 3.05) is 24.7 Å². The van der Waals surface area contributed by atoms with E-state index in [1.54, 1.807) is 0 Å². The fraction of sp³-hybridized carbons (Fsp3) is 0.0952. The van der Waals surface area contributed by atoms with Crippen LogP contribution in [0.3, 0.4) is 0 Å². The second-order valence-corrected chi connectivity index (χ2v) is 16.3. The molecule has 0 aliphatic rings. The number of ether oxygens (including phenoxy) is 2. The number of anilines is 2. The normalized spacial score (nSPS) is 11.9. The number of rotatable bonds is 8. The van der Waals surface area contributed by atoms with Crippen LogP contribution in [-0.4, -0.2) is 73.6 Å². The molecular weight excluding hydrogens is 874 g/mol. The van der Waals surface area contributed by atoms with Crippen LogP contribution in [0.5, 0.6) is 11.5 Å². The van der Waals surface area contributed by atoms with Crippen LogP contribution in [0.4, 0.5) is 11.9 Å². The van der Waals surface area contributed by atoms with E-state index in [-0.39, 0.29) is 11.9 Å². The molecule has 16 nitrogen and oxygen atoms in total. The van der Waals surface area contributed by atoms with Crippen molar-refractivity contribution in [2.45, 2.75) is 13.1 Å². The number of hydrogen-bond donors (Lipinski definition) is 6. The van der Waals surface area contributed by atoms with Crippen molar-refractivity contribution in [1.82, 2.24) is 60.4 Å². The predicted molar refractivity (Wildman–Crippen MR) is 246 cm³/mol. The number of aromatic amines is 4. The lowest BCUT2D eigenvalue weighted by atomic mass is 10.1. The molecular formula is C42H30Cl4N14O2. The number of H-pyrrole nitrogens is 4. The van der Waals surface area contributed by atoms with Gasteiger partial charge in [-0.1, -0.05) is 56.6 Å². The second kappa shape index (κ2) is 14.9. The van der Waals surface area contributed by atoms with Gasteiger partial charge >= 0.3 is 0 Å². The number of nitrogens with one attached hydrogen (secondary N) is 4. The summed E-state index contributed by atoms with van der Waals surface area (Å²) >= 11 is 25.1. The molecule has 0 amide bonds. The third-order valence-electron chi connectivity index (χ3n) is 10.8. The van der Waals surface area contributed by atoms with Crippen LogP contribution in [0.25, 0.3) is 87.2 Å². The number of nitrogens with zero attached hydrogens (tertiary/aromatic N) is 8. The standard InChI is InChI=1S/2C21H15Cl2N7O/c22-10-1-3-16-12(7-10)14-9-15-13-8-11(23)2-4-17(13)26-19(15)20(18(14)25-16)31-6-5-30-21(24)27-28-29-30;22-10-1-3-16-12(7-10)14-9-15-13-8-11(23)2-4-17(13)26-19(15)20(18(14)25-16)31-6-5-30-28-21(24)27-29-30/h1-4,7-9,25-26H,5-6H2,(H2,24,27,29);1-4,7-9,25-26H,5-6H2,(H2,24,28). The van der Waals surface area contributed by atoms with E-state index in [1.165, 1.54) is 9.48 Å². The summed E-state index contributed by atoms with van der Waals surface area (Å²) in [4.78, 5) is 15.3. The maximum absolute atomic E-state index is 6.28. The first kappa shape index (κ1) is 38.0. The number of hydrogen-bond acceptors (Lipinski definition) is 10. The molecule has 0 saturated carbocycles. The summed E-state index contributed by atoms with van der Waals surface area (Å²) in [5.74, 6) is 1.79. The van der Waals surface area contributed by atoms with Crippen molar-refractivity contribution in [3.8, 4) is 11.5 Å². The van der Waals surface area contributed by atoms with Gasteiger partial charge in [0.1, 0.15) is 13.2 Å². The number of halogens is 4. The Morgan fingerprint density at radius 3 is 1.24 bits per heavy atom. The molecule has 20 heteroatoms. The van der Waals surface area contributed by atoms with Gasteiger partial charge in [-0.15, -0.1) is 5.10 Å². The molecule has 6 aromatic heterocycles. The minimum Gasteiger partial charge on any atom is -0.487 e. The van der Waals surface area contributed by atoms with Crippen LogP contribution in [0, 0.1) is 0 Å². The van der Waals surface area contributed by atoms with Gasteiger partial charge < -0.3 is 40.9 Å². The number of nitrogens with two attached hydrogens (primary N) is 2. The monoisotopic (exact) mass is 902 g/mol. The number of fused-ring (bicyclic) bond motifs is 12. The van der Waals surface area contributed by atoms with Gasteiger partial charge in [-0.05, 0) is 101 Å². The third kappa shape index (κ3) is 6.55. The molecule has 6 heterocycles. The Labute approximate surface area is 367 Å². The first-order valence-electron chi connectivity index (χ1n) is 19.2. The van der Waals surface area contributed by atoms with Gasteiger partial charge in [0.2, 0.25) is 5.95 Å². The van der Waals surface area contributed by atoms with Crippen LogP contribution in [0.2, 0.25) is 20.1 Å². The quantitative estimate of drug-likeness (QED) is 0.0847. The summed E-state index contributed by atoms with van der Waals surface area (Å²) in [6, 6.07) is 27.4. The Bertz CT molecular complexity index is 3530. The first-order chi connectivity index (χ1) is 30.1. The van der Waals surface area contributed by atoms with E-state index in [0.717, 1.165) is 87.2 Å². The lowest BCUT2D eigenvalue weighted by molar-refractivity contribution is 0.285. The van der Waals surface area contributed by atoms with Crippen molar-refractivity contribution in [3.63, 3.8) is 0 Å². The molecule has 62 heavy (non-hydrogen) atoms. The van der Waals surface area contributed by atoms with Crippen molar-refractivity contribution in [2.24, 2.45) is 0 Å². The molecule has 0 aliphatic carbocycles. The fourth-order valence-electron chi connectivity index (χ4n) is 8.07. The molecule has 12 aromatic rings. The summed E-state index contributed by atoms with van der Waals surface area (Å²) in [7, 11) is 0. The van der Waals surface area contributed by atoms with E-state index in [4.69, 9.17) is 67.3 Å². The zero-order valence-corrected chi connectivity index (χ0v) is 35.0. The minimum absolute atomic E-state index is 0.129. The molecule has 0 atom stereocenters. The smallest absolute Gasteiger partial charge is 0.260 e. The molecule has 0 saturated heterocycles. The van der Waals surface area contributed by atoms with Crippen LogP contribution >= 0.6 is 46.4 Å². The van der Waals surface area contributed by atoms with Gasteiger partial charge in [0.15, 0.2) is 11.5 Å². The van der Waals surface area contributed by atoms with Crippen molar-refractivity contribution < 1.29 is 9.47 Å². The highest BCUT2D eigenvalue weighted by Gasteiger charge is 2.20. The van der Waals surface area contributed by atoms with Gasteiger partial charge in [0.05, 0.1) is 35.2 Å². The van der Waals surface area contributed by atoms with E-state index in [1.807, 2.05) is 72.8 Å². The molecule has 0 aliphatic heterocycles. The van der Waals surface area contributed by atoms with Crippen molar-refractivity contribution in [3.05, 3.63) is 105 Å². The van der Waals surface area contributed by atoms with E-state index in [0.29, 0.717) is 57.9 Å². The lowest BCUT2D eigenvalue weighted by Crippen LogP contribution is -2.12. The van der Waals surface area contributed by atoms with E-state index in [2.05, 4.69) is 63.0 Å². The Balaban J connectivity index is 0.000000139. The topological polar surface area (TPSA) is 221 Å². The van der Waals surface area contributed by atoms with E-state index < -0.39 is 0 Å². The summed E-state index contributed by atoms with van der Waals surface area (Å²) in [5.41, 5.74) is 18.7. The highest BCUT2D eigenvalue weighted by Crippen LogP contribution is 2.43. The SMILES string of the molecule is Nc1nnn(CCOc2c3[nH]c4ccc(Cl)cc4c3cc3c2[nH]c2ccc(Cl)cc23)n1.Nc1nnnn1CCOc1c2[nH]c3ccc(Cl)cc3c2cc2c1[nH]c1ccc(Cl)cc12. The van der Waals surface area contributed by atoms with Gasteiger partial charge in [0, 0.05) is 85.2 Å². The van der Waals surface area contributed by atoms with Crippen LogP contribution in [-0.2, 0) is 13.1 Å². The highest BCUT2D eigenvalue weighted by molar-refractivity contribution is 6.34. The number of benzene rings is 6. The Kier molecular flexibility index (Phi) is 9.12. The number of nitrogen functional groups attached to an aromatic ring is 2. The predicted octanol–water partition coefficient (Wildman–Crippen LogP) is 9.82. The average Bonchev–Trinajstić information content (AvgIpc) is 4.12. The molecule has 0 unspecified atom stereocenters. The summed E-state index contributed by atoms with van der Waals surface area (Å²) in [5, 5.41) is 33.6. The summed E-state index contributed by atoms with van der Waals surface area (Å²) in [6.07, 6.45) is 0. The second-order valence-electron chi connectivity index (χ2n) is 14.6. The summed E-state index contributed by atoms with van der Waals surface area (Å²) in [6.45, 7) is 1.47. The van der Waals surface area contributed by atoms with Crippen LogP contribution < -0.4 is 20.9 Å². The molecule has 0 radical (unpaired) electrons. The van der Waals surface area contributed by atoms with Gasteiger partial charge in [-0.3, -0.25) is 0 Å². The zero-order valence-electron chi connectivity index (χ0n) is 32.0. The fourth-order valence-corrected chi connectivity index (χ4v) is 8.76. The highest BCUT2D eigenvalue weighted by atomic mass is 35.5.